The molecular formula is C19H31N3O2. The number of benzene rings is 1. The highest BCUT2D eigenvalue weighted by Crippen LogP contribution is 2.30. The third kappa shape index (κ3) is 4.63. The molecule has 0 aliphatic carbocycles. The van der Waals surface area contributed by atoms with Crippen LogP contribution in [0.15, 0.2) is 24.3 Å². The lowest BCUT2D eigenvalue weighted by molar-refractivity contribution is 0.165. The number of anilines is 2. The van der Waals surface area contributed by atoms with Gasteiger partial charge < -0.3 is 20.6 Å². The van der Waals surface area contributed by atoms with E-state index in [9.17, 15) is 9.90 Å². The summed E-state index contributed by atoms with van der Waals surface area (Å²) in [5.41, 5.74) is 1.93. The van der Waals surface area contributed by atoms with Gasteiger partial charge in [0.2, 0.25) is 0 Å². The van der Waals surface area contributed by atoms with Crippen LogP contribution in [-0.2, 0) is 0 Å². The lowest BCUT2D eigenvalue weighted by Gasteiger charge is -2.31. The molecule has 0 unspecified atom stereocenters. The fourth-order valence-corrected chi connectivity index (χ4v) is 3.43. The van der Waals surface area contributed by atoms with Crippen molar-refractivity contribution in [1.82, 2.24) is 5.32 Å². The van der Waals surface area contributed by atoms with Crippen LogP contribution in [0.1, 0.15) is 46.0 Å². The van der Waals surface area contributed by atoms with E-state index < -0.39 is 0 Å². The molecule has 1 saturated heterocycles. The number of hydrogen-bond donors (Lipinski definition) is 3. The maximum Gasteiger partial charge on any atom is 0.319 e. The molecule has 5 nitrogen and oxygen atoms in total. The van der Waals surface area contributed by atoms with Crippen molar-refractivity contribution in [1.29, 1.82) is 0 Å². The average molecular weight is 333 g/mol. The smallest absolute Gasteiger partial charge is 0.319 e. The molecule has 5 heteroatoms. The molecule has 0 spiro atoms. The number of hydrogen-bond acceptors (Lipinski definition) is 3. The van der Waals surface area contributed by atoms with Crippen LogP contribution in [0.3, 0.4) is 0 Å². The van der Waals surface area contributed by atoms with Gasteiger partial charge in [0.1, 0.15) is 0 Å². The summed E-state index contributed by atoms with van der Waals surface area (Å²) in [5, 5.41) is 15.3. The van der Waals surface area contributed by atoms with Crippen molar-refractivity contribution in [2.75, 3.05) is 36.5 Å². The predicted octanol–water partition coefficient (Wildman–Crippen LogP) is 3.60. The van der Waals surface area contributed by atoms with Crippen LogP contribution >= 0.6 is 0 Å². The number of aliphatic hydroxyl groups excluding tert-OH is 1. The van der Waals surface area contributed by atoms with Crippen molar-refractivity contribution < 1.29 is 9.90 Å². The van der Waals surface area contributed by atoms with Gasteiger partial charge in [0.25, 0.3) is 0 Å². The molecule has 1 aliphatic rings. The fourth-order valence-electron chi connectivity index (χ4n) is 3.43. The summed E-state index contributed by atoms with van der Waals surface area (Å²) in [6.45, 7) is 7.06. The minimum atomic E-state index is -0.175. The standard InChI is InChI=1S/C19H31N3O2/c1-3-19(4-2,11-14-23)15-20-18(24)21-16-9-5-6-10-17(16)22-12-7-8-13-22/h5-6,9-10,23H,3-4,7-8,11-15H2,1-2H3,(H2,20,21,24). The molecule has 1 heterocycles. The lowest BCUT2D eigenvalue weighted by atomic mass is 9.79. The Hall–Kier alpha value is -1.75. The third-order valence-corrected chi connectivity index (χ3v) is 5.37. The number of amides is 2. The Balaban J connectivity index is 1.97. The van der Waals surface area contributed by atoms with Crippen LogP contribution in [0.4, 0.5) is 16.2 Å². The number of urea groups is 1. The SMILES string of the molecule is CCC(CC)(CCO)CNC(=O)Nc1ccccc1N1CCCC1. The Morgan fingerprint density at radius 2 is 1.88 bits per heavy atom. The van der Waals surface area contributed by atoms with Crippen LogP contribution in [0.25, 0.3) is 0 Å². The van der Waals surface area contributed by atoms with E-state index in [-0.39, 0.29) is 18.1 Å². The largest absolute Gasteiger partial charge is 0.396 e. The number of nitrogens with one attached hydrogen (secondary N) is 2. The van der Waals surface area contributed by atoms with E-state index in [1.807, 2.05) is 18.2 Å². The summed E-state index contributed by atoms with van der Waals surface area (Å²) < 4.78 is 0. The highest BCUT2D eigenvalue weighted by atomic mass is 16.3. The quantitative estimate of drug-likeness (QED) is 0.681. The molecule has 0 aromatic heterocycles. The minimum absolute atomic E-state index is 0.0272. The molecule has 134 valence electrons. The van der Waals surface area contributed by atoms with E-state index in [1.54, 1.807) is 0 Å². The molecule has 0 radical (unpaired) electrons. The summed E-state index contributed by atoms with van der Waals surface area (Å²) in [6, 6.07) is 7.80. The normalized spacial score (nSPS) is 14.7. The minimum Gasteiger partial charge on any atom is -0.396 e. The topological polar surface area (TPSA) is 64.6 Å². The molecule has 2 amide bonds. The van der Waals surface area contributed by atoms with E-state index in [0.29, 0.717) is 13.0 Å². The zero-order valence-corrected chi connectivity index (χ0v) is 15.0. The van der Waals surface area contributed by atoms with Crippen molar-refractivity contribution in [2.45, 2.75) is 46.0 Å². The molecule has 1 aromatic rings. The molecule has 2 rings (SSSR count). The van der Waals surface area contributed by atoms with Crippen molar-refractivity contribution in [3.05, 3.63) is 24.3 Å². The maximum atomic E-state index is 12.4. The van der Waals surface area contributed by atoms with Gasteiger partial charge in [-0.1, -0.05) is 26.0 Å². The lowest BCUT2D eigenvalue weighted by Crippen LogP contribution is -2.40. The second-order valence-corrected chi connectivity index (χ2v) is 6.70. The Morgan fingerprint density at radius 3 is 2.50 bits per heavy atom. The van der Waals surface area contributed by atoms with Crippen molar-refractivity contribution >= 4 is 17.4 Å². The predicted molar refractivity (Wildman–Crippen MR) is 99.6 cm³/mol. The number of carbonyl (C=O) groups is 1. The molecule has 1 aliphatic heterocycles. The molecule has 0 bridgehead atoms. The fraction of sp³-hybridized carbons (Fsp3) is 0.632. The molecule has 0 saturated carbocycles. The molecule has 3 N–H and O–H groups in total. The van der Waals surface area contributed by atoms with E-state index in [0.717, 1.165) is 37.3 Å². The average Bonchev–Trinajstić information content (AvgIpc) is 3.14. The Labute approximate surface area is 145 Å². The Morgan fingerprint density at radius 1 is 1.21 bits per heavy atom. The first-order chi connectivity index (χ1) is 11.6. The van der Waals surface area contributed by atoms with Gasteiger partial charge in [-0.25, -0.2) is 4.79 Å². The Bertz CT molecular complexity index is 523. The van der Waals surface area contributed by atoms with Gasteiger partial charge in [-0.05, 0) is 49.7 Å². The highest BCUT2D eigenvalue weighted by molar-refractivity contribution is 5.93. The number of nitrogens with zero attached hydrogens (tertiary/aromatic N) is 1. The second kappa shape index (κ2) is 8.92. The van der Waals surface area contributed by atoms with E-state index in [2.05, 4.69) is 35.4 Å². The molecule has 0 atom stereocenters. The van der Waals surface area contributed by atoms with Crippen molar-refractivity contribution in [2.24, 2.45) is 5.41 Å². The van der Waals surface area contributed by atoms with Gasteiger partial charge >= 0.3 is 6.03 Å². The van der Waals surface area contributed by atoms with E-state index in [1.165, 1.54) is 12.8 Å². The van der Waals surface area contributed by atoms with Gasteiger partial charge in [-0.3, -0.25) is 0 Å². The number of rotatable bonds is 8. The Kier molecular flexibility index (Phi) is 6.91. The van der Waals surface area contributed by atoms with Gasteiger partial charge in [0.05, 0.1) is 11.4 Å². The van der Waals surface area contributed by atoms with Crippen LogP contribution in [0.2, 0.25) is 0 Å². The maximum absolute atomic E-state index is 12.4. The number of para-hydroxylation sites is 2. The van der Waals surface area contributed by atoms with E-state index >= 15 is 0 Å². The summed E-state index contributed by atoms with van der Waals surface area (Å²) >= 11 is 0. The highest BCUT2D eigenvalue weighted by Gasteiger charge is 2.26. The van der Waals surface area contributed by atoms with Crippen LogP contribution < -0.4 is 15.5 Å². The summed E-state index contributed by atoms with van der Waals surface area (Å²) in [5.74, 6) is 0. The van der Waals surface area contributed by atoms with Crippen LogP contribution in [0, 0.1) is 5.41 Å². The monoisotopic (exact) mass is 333 g/mol. The zero-order chi connectivity index (χ0) is 17.4. The molecule has 24 heavy (non-hydrogen) atoms. The van der Waals surface area contributed by atoms with Crippen molar-refractivity contribution in [3.8, 4) is 0 Å². The second-order valence-electron chi connectivity index (χ2n) is 6.70. The van der Waals surface area contributed by atoms with Gasteiger partial charge in [-0.2, -0.15) is 0 Å². The number of carbonyl (C=O) groups excluding carboxylic acids is 1. The molecule has 1 aromatic carbocycles. The van der Waals surface area contributed by atoms with E-state index in [4.69, 9.17) is 0 Å². The first-order valence-corrected chi connectivity index (χ1v) is 9.14. The van der Waals surface area contributed by atoms with Crippen LogP contribution in [0.5, 0.6) is 0 Å². The first kappa shape index (κ1) is 18.6. The van der Waals surface area contributed by atoms with Crippen molar-refractivity contribution in [3.63, 3.8) is 0 Å². The summed E-state index contributed by atoms with van der Waals surface area (Å²) in [7, 11) is 0. The first-order valence-electron chi connectivity index (χ1n) is 9.14. The van der Waals surface area contributed by atoms with Gasteiger partial charge in [0, 0.05) is 26.2 Å². The third-order valence-electron chi connectivity index (χ3n) is 5.37. The number of aliphatic hydroxyl groups is 1. The zero-order valence-electron chi connectivity index (χ0n) is 15.0. The van der Waals surface area contributed by atoms with Gasteiger partial charge in [0.15, 0.2) is 0 Å². The van der Waals surface area contributed by atoms with Crippen LogP contribution in [-0.4, -0.2) is 37.4 Å². The molecular weight excluding hydrogens is 302 g/mol. The molecule has 1 fully saturated rings. The summed E-state index contributed by atoms with van der Waals surface area (Å²) in [4.78, 5) is 14.7. The summed E-state index contributed by atoms with van der Waals surface area (Å²) in [6.07, 6.45) is 5.00. The van der Waals surface area contributed by atoms with Gasteiger partial charge in [-0.15, -0.1) is 0 Å².